The highest BCUT2D eigenvalue weighted by molar-refractivity contribution is 7.12. The Morgan fingerprint density at radius 3 is 3.06 bits per heavy atom. The van der Waals surface area contributed by atoms with E-state index in [1.165, 1.54) is 29.7 Å². The van der Waals surface area contributed by atoms with Gasteiger partial charge in [-0.15, -0.1) is 11.3 Å². The van der Waals surface area contributed by atoms with E-state index in [1.54, 1.807) is 4.88 Å². The minimum atomic E-state index is 0.359. The lowest BCUT2D eigenvalue weighted by Crippen LogP contribution is -2.27. The highest BCUT2D eigenvalue weighted by Crippen LogP contribution is 2.38. The number of hydrogen-bond donors (Lipinski definition) is 1. The SMILES string of the molecule is CCNC(C)Cc1cc2c(s1)CCCC2OCC. The van der Waals surface area contributed by atoms with Crippen molar-refractivity contribution in [3.05, 3.63) is 21.4 Å². The number of fused-ring (bicyclic) bond motifs is 1. The van der Waals surface area contributed by atoms with Gasteiger partial charge in [-0.3, -0.25) is 0 Å². The maximum absolute atomic E-state index is 5.87. The second-order valence-corrected chi connectivity index (χ2v) is 6.31. The molecule has 0 spiro atoms. The van der Waals surface area contributed by atoms with Crippen molar-refractivity contribution in [3.8, 4) is 0 Å². The van der Waals surface area contributed by atoms with Crippen molar-refractivity contribution >= 4 is 11.3 Å². The van der Waals surface area contributed by atoms with Crippen LogP contribution < -0.4 is 5.32 Å². The van der Waals surface area contributed by atoms with Crippen LogP contribution in [-0.2, 0) is 17.6 Å². The Hall–Kier alpha value is -0.380. The van der Waals surface area contributed by atoms with Gasteiger partial charge in [-0.2, -0.15) is 0 Å². The fourth-order valence-corrected chi connectivity index (χ4v) is 4.16. The summed E-state index contributed by atoms with van der Waals surface area (Å²) in [4.78, 5) is 3.08. The second kappa shape index (κ2) is 6.69. The lowest BCUT2D eigenvalue weighted by molar-refractivity contribution is 0.0506. The molecule has 1 aromatic heterocycles. The van der Waals surface area contributed by atoms with Crippen molar-refractivity contribution in [2.75, 3.05) is 13.2 Å². The van der Waals surface area contributed by atoms with E-state index in [1.807, 2.05) is 11.3 Å². The van der Waals surface area contributed by atoms with Crippen molar-refractivity contribution in [1.82, 2.24) is 5.32 Å². The Kier molecular flexibility index (Phi) is 5.22. The third kappa shape index (κ3) is 3.34. The van der Waals surface area contributed by atoms with Crippen LogP contribution in [0.1, 0.15) is 55.0 Å². The first-order chi connectivity index (χ1) is 8.74. The molecule has 0 aliphatic heterocycles. The standard InChI is InChI=1S/C15H25NOS/c1-4-16-11(3)9-12-10-13-14(17-5-2)7-6-8-15(13)18-12/h10-11,14,16H,4-9H2,1-3H3. The smallest absolute Gasteiger partial charge is 0.0835 e. The van der Waals surface area contributed by atoms with E-state index in [0.717, 1.165) is 19.6 Å². The summed E-state index contributed by atoms with van der Waals surface area (Å²) in [5, 5.41) is 3.49. The zero-order valence-corrected chi connectivity index (χ0v) is 12.6. The quantitative estimate of drug-likeness (QED) is 0.848. The summed E-state index contributed by atoms with van der Waals surface area (Å²) >= 11 is 2.00. The Labute approximate surface area is 115 Å². The summed E-state index contributed by atoms with van der Waals surface area (Å²) in [6.07, 6.45) is 5.22. The van der Waals surface area contributed by atoms with E-state index in [-0.39, 0.29) is 0 Å². The number of rotatable bonds is 6. The van der Waals surface area contributed by atoms with E-state index in [9.17, 15) is 0 Å². The molecular weight excluding hydrogens is 242 g/mol. The first-order valence-electron chi connectivity index (χ1n) is 7.21. The fourth-order valence-electron chi connectivity index (χ4n) is 2.77. The van der Waals surface area contributed by atoms with Crippen LogP contribution in [0.3, 0.4) is 0 Å². The molecule has 2 nitrogen and oxygen atoms in total. The number of hydrogen-bond acceptors (Lipinski definition) is 3. The molecule has 0 radical (unpaired) electrons. The minimum absolute atomic E-state index is 0.359. The van der Waals surface area contributed by atoms with Gasteiger partial charge in [0, 0.05) is 22.4 Å². The number of thiophene rings is 1. The zero-order valence-electron chi connectivity index (χ0n) is 11.8. The molecule has 1 heterocycles. The van der Waals surface area contributed by atoms with Crippen LogP contribution in [0, 0.1) is 0 Å². The molecule has 18 heavy (non-hydrogen) atoms. The van der Waals surface area contributed by atoms with Gasteiger partial charge in [-0.25, -0.2) is 0 Å². The third-order valence-electron chi connectivity index (χ3n) is 3.54. The Bertz CT molecular complexity index is 375. The molecule has 0 saturated carbocycles. The van der Waals surface area contributed by atoms with Gasteiger partial charge in [-0.1, -0.05) is 6.92 Å². The largest absolute Gasteiger partial charge is 0.374 e. The lowest BCUT2D eigenvalue weighted by atomic mass is 9.95. The predicted octanol–water partition coefficient (Wildman–Crippen LogP) is 3.70. The molecule has 2 unspecified atom stereocenters. The fraction of sp³-hybridized carbons (Fsp3) is 0.733. The Morgan fingerprint density at radius 1 is 1.50 bits per heavy atom. The lowest BCUT2D eigenvalue weighted by Gasteiger charge is -2.22. The summed E-state index contributed by atoms with van der Waals surface area (Å²) < 4.78 is 5.87. The third-order valence-corrected chi connectivity index (χ3v) is 4.77. The number of nitrogens with one attached hydrogen (secondary N) is 1. The summed E-state index contributed by atoms with van der Waals surface area (Å²) in [5.74, 6) is 0. The highest BCUT2D eigenvalue weighted by atomic mass is 32.1. The second-order valence-electron chi connectivity index (χ2n) is 5.09. The van der Waals surface area contributed by atoms with Crippen molar-refractivity contribution in [3.63, 3.8) is 0 Å². The van der Waals surface area contributed by atoms with Gasteiger partial charge in [0.25, 0.3) is 0 Å². The van der Waals surface area contributed by atoms with Crippen molar-refractivity contribution in [1.29, 1.82) is 0 Å². The molecule has 0 aromatic carbocycles. The average molecular weight is 267 g/mol. The van der Waals surface area contributed by atoms with E-state index in [2.05, 4.69) is 32.2 Å². The van der Waals surface area contributed by atoms with E-state index < -0.39 is 0 Å². The van der Waals surface area contributed by atoms with Crippen LogP contribution in [0.4, 0.5) is 0 Å². The van der Waals surface area contributed by atoms with Crippen LogP contribution in [-0.4, -0.2) is 19.2 Å². The maximum atomic E-state index is 5.87. The molecule has 1 aliphatic rings. The van der Waals surface area contributed by atoms with E-state index >= 15 is 0 Å². The van der Waals surface area contributed by atoms with Gasteiger partial charge < -0.3 is 10.1 Å². The van der Waals surface area contributed by atoms with Crippen molar-refractivity contribution in [2.24, 2.45) is 0 Å². The molecule has 0 amide bonds. The molecule has 1 aliphatic carbocycles. The summed E-state index contributed by atoms with van der Waals surface area (Å²) in [5.41, 5.74) is 1.48. The number of ether oxygens (including phenoxy) is 1. The predicted molar refractivity (Wildman–Crippen MR) is 78.5 cm³/mol. The molecule has 3 heteroatoms. The van der Waals surface area contributed by atoms with Gasteiger partial charge in [0.1, 0.15) is 0 Å². The minimum Gasteiger partial charge on any atom is -0.374 e. The number of likely N-dealkylation sites (N-methyl/N-ethyl adjacent to an activating group) is 1. The summed E-state index contributed by atoms with van der Waals surface area (Å²) in [6.45, 7) is 8.40. The molecule has 2 atom stereocenters. The van der Waals surface area contributed by atoms with Crippen molar-refractivity contribution < 1.29 is 4.74 Å². The van der Waals surface area contributed by atoms with Crippen LogP contribution in [0.5, 0.6) is 0 Å². The van der Waals surface area contributed by atoms with Gasteiger partial charge >= 0.3 is 0 Å². The molecule has 0 fully saturated rings. The normalized spacial score (nSPS) is 20.7. The van der Waals surface area contributed by atoms with Crippen LogP contribution in [0.15, 0.2) is 6.07 Å². The van der Waals surface area contributed by atoms with Gasteiger partial charge in [0.2, 0.25) is 0 Å². The van der Waals surface area contributed by atoms with Crippen LogP contribution in [0.2, 0.25) is 0 Å². The average Bonchev–Trinajstić information content (AvgIpc) is 2.73. The van der Waals surface area contributed by atoms with E-state index in [0.29, 0.717) is 12.1 Å². The Balaban J connectivity index is 2.06. The zero-order chi connectivity index (χ0) is 13.0. The van der Waals surface area contributed by atoms with Gasteiger partial charge in [0.15, 0.2) is 0 Å². The first-order valence-corrected chi connectivity index (χ1v) is 8.02. The monoisotopic (exact) mass is 267 g/mol. The maximum Gasteiger partial charge on any atom is 0.0835 e. The summed E-state index contributed by atoms with van der Waals surface area (Å²) in [6, 6.07) is 2.97. The van der Waals surface area contributed by atoms with E-state index in [4.69, 9.17) is 4.74 Å². The summed E-state index contributed by atoms with van der Waals surface area (Å²) in [7, 11) is 0. The van der Waals surface area contributed by atoms with Crippen LogP contribution >= 0.6 is 11.3 Å². The molecule has 102 valence electrons. The van der Waals surface area contributed by atoms with Gasteiger partial charge in [-0.05, 0) is 57.7 Å². The first kappa shape index (κ1) is 14.0. The molecule has 0 bridgehead atoms. The molecule has 0 saturated heterocycles. The van der Waals surface area contributed by atoms with Crippen molar-refractivity contribution in [2.45, 2.75) is 58.6 Å². The topological polar surface area (TPSA) is 21.3 Å². The highest BCUT2D eigenvalue weighted by Gasteiger charge is 2.23. The molecule has 2 rings (SSSR count). The molecular formula is C15H25NOS. The molecule has 1 N–H and O–H groups in total. The van der Waals surface area contributed by atoms with Gasteiger partial charge in [0.05, 0.1) is 6.10 Å². The Morgan fingerprint density at radius 2 is 2.33 bits per heavy atom. The molecule has 1 aromatic rings. The van der Waals surface area contributed by atoms with Crippen LogP contribution in [0.25, 0.3) is 0 Å². The number of aryl methyl sites for hydroxylation is 1.